The van der Waals surface area contributed by atoms with Crippen molar-refractivity contribution in [2.45, 2.75) is 20.4 Å². The van der Waals surface area contributed by atoms with Gasteiger partial charge in [-0.05, 0) is 23.8 Å². The molecule has 102 valence electrons. The van der Waals surface area contributed by atoms with Crippen molar-refractivity contribution in [2.75, 3.05) is 6.61 Å². The van der Waals surface area contributed by atoms with Crippen LogP contribution in [0.5, 0.6) is 0 Å². The molecular weight excluding hydrogens is 264 g/mol. The van der Waals surface area contributed by atoms with Gasteiger partial charge in [0.2, 0.25) is 0 Å². The number of hydrogen-bond donors (Lipinski definition) is 1. The van der Waals surface area contributed by atoms with Gasteiger partial charge in [0.25, 0.3) is 0 Å². The van der Waals surface area contributed by atoms with Crippen LogP contribution in [0, 0.1) is 0 Å². The minimum Gasteiger partial charge on any atom is -0.394 e. The molecule has 1 aromatic heterocycles. The second kappa shape index (κ2) is 7.71. The van der Waals surface area contributed by atoms with Crippen molar-refractivity contribution < 1.29 is 9.90 Å². The van der Waals surface area contributed by atoms with E-state index in [0.717, 1.165) is 17.4 Å². The molecule has 0 unspecified atom stereocenters. The monoisotopic (exact) mass is 280 g/mol. The summed E-state index contributed by atoms with van der Waals surface area (Å²) in [6, 6.07) is 5.08. The van der Waals surface area contributed by atoms with Crippen LogP contribution >= 0.6 is 11.6 Å². The summed E-state index contributed by atoms with van der Waals surface area (Å²) in [6.45, 7) is 4.45. The summed E-state index contributed by atoms with van der Waals surface area (Å²) in [6.07, 6.45) is 4.21. The normalized spacial score (nSPS) is 9.68. The van der Waals surface area contributed by atoms with Gasteiger partial charge >= 0.3 is 0 Å². The number of aliphatic hydroxyl groups is 1. The van der Waals surface area contributed by atoms with E-state index in [4.69, 9.17) is 16.7 Å². The van der Waals surface area contributed by atoms with Gasteiger partial charge in [0.1, 0.15) is 0 Å². The van der Waals surface area contributed by atoms with E-state index in [1.807, 2.05) is 13.8 Å². The Morgan fingerprint density at radius 3 is 2.79 bits per heavy atom. The fourth-order valence-electron chi connectivity index (χ4n) is 1.61. The molecular formula is C14H17ClN2O2. The highest BCUT2D eigenvalue weighted by molar-refractivity contribution is 6.31. The Balaban J connectivity index is 0.000000861. The lowest BCUT2D eigenvalue weighted by Crippen LogP contribution is -2.01. The standard InChI is InChI=1S/C12H11ClN2O2.C2H6/c13-11-2-1-9(8-17)12(5-11)10-6-14-15(7-10)3-4-16;1-2/h1-2,5-8,16H,3-4H2;1-2H3. The predicted molar refractivity (Wildman–Crippen MR) is 76.5 cm³/mol. The van der Waals surface area contributed by atoms with Crippen LogP contribution in [0.4, 0.5) is 0 Å². The highest BCUT2D eigenvalue weighted by Crippen LogP contribution is 2.25. The van der Waals surface area contributed by atoms with Crippen LogP contribution in [0.1, 0.15) is 24.2 Å². The van der Waals surface area contributed by atoms with Crippen LogP contribution in [-0.2, 0) is 6.54 Å². The van der Waals surface area contributed by atoms with Crippen molar-refractivity contribution in [3.63, 3.8) is 0 Å². The zero-order valence-corrected chi connectivity index (χ0v) is 11.8. The molecule has 1 N–H and O–H groups in total. The molecule has 4 nitrogen and oxygen atoms in total. The van der Waals surface area contributed by atoms with Crippen LogP contribution < -0.4 is 0 Å². The molecule has 2 rings (SSSR count). The van der Waals surface area contributed by atoms with E-state index in [-0.39, 0.29) is 6.61 Å². The number of halogens is 1. The molecule has 5 heteroatoms. The lowest BCUT2D eigenvalue weighted by atomic mass is 10.0. The molecule has 0 saturated carbocycles. The van der Waals surface area contributed by atoms with Crippen molar-refractivity contribution in [1.82, 2.24) is 9.78 Å². The molecule has 0 radical (unpaired) electrons. The Hall–Kier alpha value is -1.65. The average molecular weight is 281 g/mol. The van der Waals surface area contributed by atoms with Gasteiger partial charge in [0.05, 0.1) is 19.3 Å². The summed E-state index contributed by atoms with van der Waals surface area (Å²) in [7, 11) is 0. The molecule has 0 aliphatic carbocycles. The highest BCUT2D eigenvalue weighted by atomic mass is 35.5. The number of aromatic nitrogens is 2. The van der Waals surface area contributed by atoms with Gasteiger partial charge in [-0.15, -0.1) is 0 Å². The summed E-state index contributed by atoms with van der Waals surface area (Å²) in [5.41, 5.74) is 2.12. The summed E-state index contributed by atoms with van der Waals surface area (Å²) in [4.78, 5) is 10.9. The van der Waals surface area contributed by atoms with Crippen molar-refractivity contribution in [3.8, 4) is 11.1 Å². The number of carbonyl (C=O) groups excluding carboxylic acids is 1. The fourth-order valence-corrected chi connectivity index (χ4v) is 1.78. The highest BCUT2D eigenvalue weighted by Gasteiger charge is 2.07. The fraction of sp³-hybridized carbons (Fsp3) is 0.286. The Labute approximate surface area is 117 Å². The van der Waals surface area contributed by atoms with Crippen molar-refractivity contribution in [3.05, 3.63) is 41.2 Å². The first-order valence-corrected chi connectivity index (χ1v) is 6.51. The van der Waals surface area contributed by atoms with E-state index in [2.05, 4.69) is 5.10 Å². The maximum atomic E-state index is 10.9. The zero-order valence-electron chi connectivity index (χ0n) is 11.0. The van der Waals surface area contributed by atoms with Gasteiger partial charge in [-0.2, -0.15) is 5.10 Å². The Kier molecular flexibility index (Phi) is 6.25. The molecule has 0 saturated heterocycles. The van der Waals surface area contributed by atoms with E-state index >= 15 is 0 Å². The van der Waals surface area contributed by atoms with Crippen LogP contribution in [0.15, 0.2) is 30.6 Å². The lowest BCUT2D eigenvalue weighted by Gasteiger charge is -2.02. The van der Waals surface area contributed by atoms with Gasteiger partial charge in [-0.3, -0.25) is 9.48 Å². The average Bonchev–Trinajstić information content (AvgIpc) is 2.90. The third-order valence-corrected chi connectivity index (χ3v) is 2.65. The number of hydrogen-bond acceptors (Lipinski definition) is 3. The molecule has 0 atom stereocenters. The summed E-state index contributed by atoms with van der Waals surface area (Å²) in [5.74, 6) is 0. The van der Waals surface area contributed by atoms with Gasteiger partial charge < -0.3 is 5.11 Å². The van der Waals surface area contributed by atoms with Crippen molar-refractivity contribution in [1.29, 1.82) is 0 Å². The zero-order chi connectivity index (χ0) is 14.3. The maximum Gasteiger partial charge on any atom is 0.150 e. The second-order valence-corrected chi connectivity index (χ2v) is 4.00. The van der Waals surface area contributed by atoms with Gasteiger partial charge in [-0.1, -0.05) is 25.4 Å². The van der Waals surface area contributed by atoms with Gasteiger partial charge in [0, 0.05) is 22.3 Å². The molecule has 2 aromatic rings. The molecule has 0 aliphatic heterocycles. The Bertz CT molecular complexity index is 538. The van der Waals surface area contributed by atoms with Crippen LogP contribution in [0.25, 0.3) is 11.1 Å². The van der Waals surface area contributed by atoms with Crippen molar-refractivity contribution in [2.24, 2.45) is 0 Å². The topological polar surface area (TPSA) is 55.1 Å². The minimum atomic E-state index is 0.0250. The SMILES string of the molecule is CC.O=Cc1ccc(Cl)cc1-c1cnn(CCO)c1. The van der Waals surface area contributed by atoms with E-state index in [1.165, 1.54) is 0 Å². The number of rotatable bonds is 4. The largest absolute Gasteiger partial charge is 0.394 e. The van der Waals surface area contributed by atoms with Crippen molar-refractivity contribution >= 4 is 17.9 Å². The lowest BCUT2D eigenvalue weighted by molar-refractivity contribution is 0.112. The molecule has 19 heavy (non-hydrogen) atoms. The first kappa shape index (κ1) is 15.4. The van der Waals surface area contributed by atoms with E-state index in [0.29, 0.717) is 17.1 Å². The first-order chi connectivity index (χ1) is 9.24. The van der Waals surface area contributed by atoms with Crippen LogP contribution in [0.2, 0.25) is 5.02 Å². The molecule has 1 aromatic carbocycles. The predicted octanol–water partition coefficient (Wildman–Crippen LogP) is 3.03. The van der Waals surface area contributed by atoms with Gasteiger partial charge in [0.15, 0.2) is 6.29 Å². The Morgan fingerprint density at radius 2 is 2.16 bits per heavy atom. The van der Waals surface area contributed by atoms with Crippen LogP contribution in [0.3, 0.4) is 0 Å². The molecule has 0 fully saturated rings. The summed E-state index contributed by atoms with van der Waals surface area (Å²) < 4.78 is 1.62. The second-order valence-electron chi connectivity index (χ2n) is 3.57. The molecule has 0 aliphatic rings. The smallest absolute Gasteiger partial charge is 0.150 e. The molecule has 0 amide bonds. The number of aldehydes is 1. The number of carbonyl (C=O) groups is 1. The quantitative estimate of drug-likeness (QED) is 0.876. The molecule has 1 heterocycles. The van der Waals surface area contributed by atoms with E-state index in [9.17, 15) is 4.79 Å². The summed E-state index contributed by atoms with van der Waals surface area (Å²) in [5, 5.41) is 13.5. The summed E-state index contributed by atoms with van der Waals surface area (Å²) >= 11 is 5.91. The minimum absolute atomic E-state index is 0.0250. The number of benzene rings is 1. The molecule has 0 bridgehead atoms. The van der Waals surface area contributed by atoms with E-state index < -0.39 is 0 Å². The van der Waals surface area contributed by atoms with Crippen LogP contribution in [-0.4, -0.2) is 27.8 Å². The number of aliphatic hydroxyl groups excluding tert-OH is 1. The Morgan fingerprint density at radius 1 is 1.42 bits per heavy atom. The third kappa shape index (κ3) is 3.91. The first-order valence-electron chi connectivity index (χ1n) is 6.13. The van der Waals surface area contributed by atoms with E-state index in [1.54, 1.807) is 35.3 Å². The third-order valence-electron chi connectivity index (χ3n) is 2.42. The number of nitrogens with zero attached hydrogens (tertiary/aromatic N) is 2. The maximum absolute atomic E-state index is 10.9. The van der Waals surface area contributed by atoms with Gasteiger partial charge in [-0.25, -0.2) is 0 Å². The molecule has 0 spiro atoms.